The monoisotopic (exact) mass is 444 g/mol. The zero-order chi connectivity index (χ0) is 23.7. The number of carbonyl (C=O) groups is 2. The van der Waals surface area contributed by atoms with Crippen molar-refractivity contribution in [2.24, 2.45) is 0 Å². The van der Waals surface area contributed by atoms with Gasteiger partial charge < -0.3 is 31.1 Å². The van der Waals surface area contributed by atoms with E-state index in [0.29, 0.717) is 12.8 Å². The molecule has 8 nitrogen and oxygen atoms in total. The second-order valence-electron chi connectivity index (χ2n) is 8.07. The van der Waals surface area contributed by atoms with Crippen LogP contribution in [0.3, 0.4) is 0 Å². The van der Waals surface area contributed by atoms with Crippen molar-refractivity contribution in [3.8, 4) is 0 Å². The van der Waals surface area contributed by atoms with Crippen LogP contribution in [0.5, 0.6) is 0 Å². The van der Waals surface area contributed by atoms with Crippen LogP contribution < -0.4 is 10.6 Å². The quantitative estimate of drug-likeness (QED) is 0.287. The molecule has 6 atom stereocenters. The number of aliphatic hydroxyl groups is 4. The number of rotatable bonds is 11. The summed E-state index contributed by atoms with van der Waals surface area (Å²) >= 11 is 0. The fourth-order valence-electron chi connectivity index (χ4n) is 3.38. The average molecular weight is 445 g/mol. The normalized spacial score (nSPS) is 16.8. The van der Waals surface area contributed by atoms with Crippen molar-refractivity contribution in [1.82, 2.24) is 10.6 Å². The van der Waals surface area contributed by atoms with Crippen LogP contribution in [0.1, 0.15) is 25.0 Å². The van der Waals surface area contributed by atoms with Crippen molar-refractivity contribution in [1.29, 1.82) is 0 Å². The minimum absolute atomic E-state index is 0.351. The first-order valence-electron chi connectivity index (χ1n) is 10.6. The highest BCUT2D eigenvalue weighted by Gasteiger charge is 2.37. The van der Waals surface area contributed by atoms with Gasteiger partial charge in [-0.1, -0.05) is 60.7 Å². The Bertz CT molecular complexity index is 777. The fourth-order valence-corrected chi connectivity index (χ4v) is 3.38. The maximum atomic E-state index is 12.2. The van der Waals surface area contributed by atoms with Crippen LogP contribution in [0.2, 0.25) is 0 Å². The summed E-state index contributed by atoms with van der Waals surface area (Å²) < 4.78 is 0. The van der Waals surface area contributed by atoms with E-state index in [1.54, 1.807) is 13.8 Å². The van der Waals surface area contributed by atoms with E-state index in [1.165, 1.54) is 0 Å². The van der Waals surface area contributed by atoms with Gasteiger partial charge in [-0.3, -0.25) is 9.59 Å². The number of carbonyl (C=O) groups excluding carboxylic acids is 2. The summed E-state index contributed by atoms with van der Waals surface area (Å²) in [5, 5.41) is 45.6. The molecule has 0 radical (unpaired) electrons. The molecule has 0 bridgehead atoms. The molecule has 0 aliphatic rings. The van der Waals surface area contributed by atoms with Crippen LogP contribution >= 0.6 is 0 Å². The second-order valence-corrected chi connectivity index (χ2v) is 8.07. The fraction of sp³-hybridized carbons (Fsp3) is 0.417. The Morgan fingerprint density at radius 3 is 1.28 bits per heavy atom. The number of hydrogen-bond acceptors (Lipinski definition) is 6. The molecule has 0 aliphatic carbocycles. The molecule has 0 spiro atoms. The summed E-state index contributed by atoms with van der Waals surface area (Å²) in [6.07, 6.45) is -7.14. The molecule has 2 rings (SSSR count). The van der Waals surface area contributed by atoms with Gasteiger partial charge in [0.2, 0.25) is 0 Å². The lowest BCUT2D eigenvalue weighted by Crippen LogP contribution is -2.56. The van der Waals surface area contributed by atoms with Crippen LogP contribution in [-0.2, 0) is 22.4 Å². The Balaban J connectivity index is 1.84. The van der Waals surface area contributed by atoms with E-state index in [-0.39, 0.29) is 12.1 Å². The number of aliphatic hydroxyl groups excluding tert-OH is 4. The Hall–Kier alpha value is -2.78. The minimum Gasteiger partial charge on any atom is -0.387 e. The first kappa shape index (κ1) is 25.5. The summed E-state index contributed by atoms with van der Waals surface area (Å²) in [4.78, 5) is 24.5. The molecular formula is C24H32N2O6. The number of nitrogens with one attached hydrogen (secondary N) is 2. The zero-order valence-corrected chi connectivity index (χ0v) is 18.3. The SMILES string of the molecule is CC(Cc1ccccc1)NC(=O)C(O)C(O)C(O)C(O)C(=O)NC(C)Cc1ccccc1. The van der Waals surface area contributed by atoms with Crippen LogP contribution in [0.15, 0.2) is 60.7 Å². The molecule has 6 unspecified atom stereocenters. The summed E-state index contributed by atoms with van der Waals surface area (Å²) in [5.74, 6) is -1.82. The summed E-state index contributed by atoms with van der Waals surface area (Å²) in [5.41, 5.74) is 1.96. The topological polar surface area (TPSA) is 139 Å². The molecule has 174 valence electrons. The Kier molecular flexibility index (Phi) is 9.80. The molecule has 0 saturated carbocycles. The molecule has 6 N–H and O–H groups in total. The largest absolute Gasteiger partial charge is 0.387 e. The van der Waals surface area contributed by atoms with E-state index in [9.17, 15) is 30.0 Å². The molecule has 2 amide bonds. The summed E-state index contributed by atoms with van der Waals surface area (Å²) in [7, 11) is 0. The molecule has 32 heavy (non-hydrogen) atoms. The first-order chi connectivity index (χ1) is 15.2. The van der Waals surface area contributed by atoms with Gasteiger partial charge in [-0.15, -0.1) is 0 Å². The second kappa shape index (κ2) is 12.3. The predicted molar refractivity (Wildman–Crippen MR) is 120 cm³/mol. The molecule has 8 heteroatoms. The molecule has 0 aromatic heterocycles. The van der Waals surface area contributed by atoms with Gasteiger partial charge >= 0.3 is 0 Å². The van der Waals surface area contributed by atoms with Crippen LogP contribution in [-0.4, -0.2) is 68.7 Å². The molecule has 0 saturated heterocycles. The van der Waals surface area contributed by atoms with Crippen molar-refractivity contribution < 1.29 is 30.0 Å². The van der Waals surface area contributed by atoms with Crippen LogP contribution in [0.4, 0.5) is 0 Å². The van der Waals surface area contributed by atoms with E-state index in [0.717, 1.165) is 11.1 Å². The lowest BCUT2D eigenvalue weighted by Gasteiger charge is -2.27. The van der Waals surface area contributed by atoms with E-state index >= 15 is 0 Å². The smallest absolute Gasteiger partial charge is 0.251 e. The lowest BCUT2D eigenvalue weighted by atomic mass is 10.0. The predicted octanol–water partition coefficient (Wildman–Crippen LogP) is -0.0752. The Morgan fingerprint density at radius 2 is 0.969 bits per heavy atom. The Morgan fingerprint density at radius 1 is 0.656 bits per heavy atom. The van der Waals surface area contributed by atoms with E-state index in [2.05, 4.69) is 10.6 Å². The highest BCUT2D eigenvalue weighted by atomic mass is 16.4. The maximum absolute atomic E-state index is 12.2. The van der Waals surface area contributed by atoms with Gasteiger partial charge in [0, 0.05) is 12.1 Å². The molecule has 0 fully saturated rings. The van der Waals surface area contributed by atoms with Gasteiger partial charge in [0.25, 0.3) is 11.8 Å². The average Bonchev–Trinajstić information content (AvgIpc) is 2.78. The van der Waals surface area contributed by atoms with E-state index < -0.39 is 36.2 Å². The van der Waals surface area contributed by atoms with Crippen molar-refractivity contribution in [2.45, 2.75) is 63.2 Å². The highest BCUT2D eigenvalue weighted by Crippen LogP contribution is 2.09. The van der Waals surface area contributed by atoms with Gasteiger partial charge in [-0.2, -0.15) is 0 Å². The molecule has 0 aliphatic heterocycles. The maximum Gasteiger partial charge on any atom is 0.251 e. The van der Waals surface area contributed by atoms with Crippen LogP contribution in [0.25, 0.3) is 0 Å². The number of benzene rings is 2. The minimum atomic E-state index is -2.05. The van der Waals surface area contributed by atoms with Crippen molar-refractivity contribution in [3.63, 3.8) is 0 Å². The van der Waals surface area contributed by atoms with Gasteiger partial charge in [0.15, 0.2) is 12.2 Å². The molecule has 2 aromatic rings. The molecule has 2 aromatic carbocycles. The van der Waals surface area contributed by atoms with Gasteiger partial charge in [-0.25, -0.2) is 0 Å². The lowest BCUT2D eigenvalue weighted by molar-refractivity contribution is -0.156. The highest BCUT2D eigenvalue weighted by molar-refractivity contribution is 5.83. The van der Waals surface area contributed by atoms with Gasteiger partial charge in [0.05, 0.1) is 0 Å². The third-order valence-corrected chi connectivity index (χ3v) is 5.08. The first-order valence-corrected chi connectivity index (χ1v) is 10.6. The number of hydrogen-bond donors (Lipinski definition) is 6. The molecular weight excluding hydrogens is 412 g/mol. The Labute approximate surface area is 187 Å². The molecule has 0 heterocycles. The standard InChI is InChI=1S/C24H32N2O6/c1-15(13-17-9-5-3-6-10-17)25-23(31)21(29)19(27)20(28)22(30)24(32)26-16(2)14-18-11-7-4-8-12-18/h3-12,15-16,19-22,27-30H,13-14H2,1-2H3,(H,25,31)(H,26,32). The van der Waals surface area contributed by atoms with E-state index in [1.807, 2.05) is 60.7 Å². The van der Waals surface area contributed by atoms with Crippen LogP contribution in [0, 0.1) is 0 Å². The van der Waals surface area contributed by atoms with E-state index in [4.69, 9.17) is 0 Å². The zero-order valence-electron chi connectivity index (χ0n) is 18.3. The summed E-state index contributed by atoms with van der Waals surface area (Å²) in [6.45, 7) is 3.47. The number of amides is 2. The third-order valence-electron chi connectivity index (χ3n) is 5.08. The van der Waals surface area contributed by atoms with Gasteiger partial charge in [0.1, 0.15) is 12.2 Å². The van der Waals surface area contributed by atoms with Crippen molar-refractivity contribution in [2.75, 3.05) is 0 Å². The van der Waals surface area contributed by atoms with Gasteiger partial charge in [-0.05, 0) is 37.8 Å². The van der Waals surface area contributed by atoms with Crippen molar-refractivity contribution in [3.05, 3.63) is 71.8 Å². The summed E-state index contributed by atoms with van der Waals surface area (Å²) in [6, 6.07) is 18.1. The van der Waals surface area contributed by atoms with Crippen molar-refractivity contribution >= 4 is 11.8 Å². The third kappa shape index (κ3) is 7.72.